The minimum absolute atomic E-state index is 0.167. The van der Waals surface area contributed by atoms with Gasteiger partial charge < -0.3 is 0 Å². The van der Waals surface area contributed by atoms with Gasteiger partial charge in [0.15, 0.2) is 0 Å². The molecule has 0 saturated heterocycles. The molecule has 1 nitrogen and oxygen atoms in total. The van der Waals surface area contributed by atoms with Crippen molar-refractivity contribution < 1.29 is 3.63 Å². The van der Waals surface area contributed by atoms with Gasteiger partial charge in [-0.3, -0.25) is 0 Å². The van der Waals surface area contributed by atoms with Crippen LogP contribution in [0.2, 0.25) is 0 Å². The second kappa shape index (κ2) is 3.64. The Balaban J connectivity index is 2.95. The number of hydrogen-bond donors (Lipinski definition) is 0. The molecule has 0 unspecified atom stereocenters. The molecule has 0 amide bonds. The minimum atomic E-state index is 0.167. The van der Waals surface area contributed by atoms with Gasteiger partial charge >= 0.3 is 0 Å². The van der Waals surface area contributed by atoms with Gasteiger partial charge in [0.05, 0.1) is 0 Å². The third-order valence-corrected chi connectivity index (χ3v) is 2.45. The Morgan fingerprint density at radius 1 is 0.857 bits per heavy atom. The van der Waals surface area contributed by atoms with E-state index < -0.39 is 0 Å². The Labute approximate surface area is 51.5 Å². The van der Waals surface area contributed by atoms with Crippen molar-refractivity contribution in [2.75, 3.05) is 25.0 Å². The minimum Gasteiger partial charge on any atom is 0.0351 e. The smallest absolute Gasteiger partial charge is 0.0351 e. The van der Waals surface area contributed by atoms with Crippen LogP contribution in [-0.2, 0) is 26.0 Å². The average molecular weight is 140 g/mol. The van der Waals surface area contributed by atoms with Gasteiger partial charge in [-0.2, -0.15) is 0 Å². The van der Waals surface area contributed by atoms with Crippen LogP contribution in [0, 0.1) is 0 Å². The summed E-state index contributed by atoms with van der Waals surface area (Å²) in [5.74, 6) is 0. The van der Waals surface area contributed by atoms with Crippen molar-refractivity contribution in [1.29, 1.82) is 0 Å². The van der Waals surface area contributed by atoms with Crippen LogP contribution < -0.4 is 0 Å². The van der Waals surface area contributed by atoms with Crippen molar-refractivity contribution in [1.82, 2.24) is 0 Å². The zero-order valence-corrected chi connectivity index (χ0v) is 6.86. The van der Waals surface area contributed by atoms with Crippen molar-refractivity contribution in [2.45, 2.75) is 0 Å². The molecule has 0 aliphatic rings. The lowest BCUT2D eigenvalue weighted by Gasteiger charge is -1.86. The molecule has 0 spiro atoms. The van der Waals surface area contributed by atoms with Crippen LogP contribution >= 0.6 is 0 Å². The van der Waals surface area contributed by atoms with E-state index in [-0.39, 0.29) is 22.4 Å². The second-order valence-corrected chi connectivity index (χ2v) is 5.06. The maximum absolute atomic E-state index is 5.31. The van der Waals surface area contributed by atoms with Gasteiger partial charge in [0, 0.05) is 3.63 Å². The highest BCUT2D eigenvalue weighted by molar-refractivity contribution is 8.03. The first-order valence-electron chi connectivity index (χ1n) is 1.97. The van der Waals surface area contributed by atoms with Gasteiger partial charge in [0.25, 0.3) is 0 Å². The predicted octanol–water partition coefficient (Wildman–Crippen LogP) is 0.589. The molecule has 0 atom stereocenters. The van der Waals surface area contributed by atoms with E-state index in [1.165, 1.54) is 0 Å². The summed E-state index contributed by atoms with van der Waals surface area (Å²) in [6, 6.07) is 0. The molecule has 0 fully saturated rings. The normalized spacial score (nSPS) is 11.1. The van der Waals surface area contributed by atoms with E-state index in [0.717, 1.165) is 0 Å². The van der Waals surface area contributed by atoms with E-state index in [9.17, 15) is 0 Å². The van der Waals surface area contributed by atoms with E-state index in [1.807, 2.05) is 0 Å². The Bertz CT molecular complexity index is 39.0. The molecule has 44 valence electrons. The third-order valence-electron chi connectivity index (χ3n) is 0.272. The highest BCUT2D eigenvalue weighted by Gasteiger charge is 2.15. The second-order valence-electron chi connectivity index (χ2n) is 1.55. The summed E-state index contributed by atoms with van der Waals surface area (Å²) in [6.07, 6.45) is 8.31. The first-order valence-corrected chi connectivity index (χ1v) is 5.90. The quantitative estimate of drug-likeness (QED) is 0.510. The van der Waals surface area contributed by atoms with Gasteiger partial charge in [0.2, 0.25) is 22.4 Å². The summed E-state index contributed by atoms with van der Waals surface area (Å²) in [5.41, 5.74) is 0. The van der Waals surface area contributed by atoms with Crippen molar-refractivity contribution in [3.05, 3.63) is 0 Å². The SMILES string of the molecule is C[S+](C)O[S+](C)C. The van der Waals surface area contributed by atoms with Crippen molar-refractivity contribution in [3.8, 4) is 0 Å². The van der Waals surface area contributed by atoms with E-state index in [0.29, 0.717) is 0 Å². The zero-order chi connectivity index (χ0) is 5.86. The summed E-state index contributed by atoms with van der Waals surface area (Å²) in [5, 5.41) is 0. The summed E-state index contributed by atoms with van der Waals surface area (Å²) < 4.78 is 5.31. The molecule has 0 bridgehead atoms. The predicted molar refractivity (Wildman–Crippen MR) is 39.5 cm³/mol. The average Bonchev–Trinajstić information content (AvgIpc) is 1.27. The summed E-state index contributed by atoms with van der Waals surface area (Å²) in [4.78, 5) is 0. The van der Waals surface area contributed by atoms with Crippen LogP contribution in [0.25, 0.3) is 0 Å². The fourth-order valence-corrected chi connectivity index (χ4v) is 2.45. The molecular weight excluding hydrogens is 128 g/mol. The van der Waals surface area contributed by atoms with E-state index in [4.69, 9.17) is 3.63 Å². The fourth-order valence-electron chi connectivity index (χ4n) is 0.272. The maximum atomic E-state index is 5.31. The lowest BCUT2D eigenvalue weighted by Crippen LogP contribution is -2.07. The molecular formula is C4H12OS2+2. The summed E-state index contributed by atoms with van der Waals surface area (Å²) in [7, 11) is 0. The van der Waals surface area contributed by atoms with Gasteiger partial charge in [-0.1, -0.05) is 0 Å². The summed E-state index contributed by atoms with van der Waals surface area (Å²) in [6.45, 7) is 0. The molecule has 0 aliphatic heterocycles. The molecule has 7 heavy (non-hydrogen) atoms. The van der Waals surface area contributed by atoms with E-state index in [2.05, 4.69) is 25.0 Å². The first kappa shape index (κ1) is 7.66. The topological polar surface area (TPSA) is 9.23 Å². The highest BCUT2D eigenvalue weighted by atomic mass is 32.3. The molecule has 0 radical (unpaired) electrons. The first-order chi connectivity index (χ1) is 3.13. The van der Waals surface area contributed by atoms with E-state index in [1.54, 1.807) is 0 Å². The van der Waals surface area contributed by atoms with Crippen LogP contribution in [0.4, 0.5) is 0 Å². The Kier molecular flexibility index (Phi) is 3.98. The van der Waals surface area contributed by atoms with Gasteiger partial charge in [-0.15, -0.1) is 0 Å². The lowest BCUT2D eigenvalue weighted by molar-refractivity contribution is 0.731. The molecule has 0 aromatic rings. The molecule has 0 aromatic carbocycles. The molecule has 0 aromatic heterocycles. The molecule has 0 rings (SSSR count). The Morgan fingerprint density at radius 3 is 1.14 bits per heavy atom. The van der Waals surface area contributed by atoms with Crippen LogP contribution in [0.15, 0.2) is 0 Å². The standard InChI is InChI=1S/C4H12OS2/c1-6(2)5-7(3)4/h1-4H3/q+2. The van der Waals surface area contributed by atoms with Crippen molar-refractivity contribution in [2.24, 2.45) is 0 Å². The van der Waals surface area contributed by atoms with Crippen molar-refractivity contribution >= 4 is 22.4 Å². The molecule has 0 saturated carbocycles. The fraction of sp³-hybridized carbons (Fsp3) is 1.00. The molecule has 0 N–H and O–H groups in total. The highest BCUT2D eigenvalue weighted by Crippen LogP contribution is 1.94. The van der Waals surface area contributed by atoms with Crippen LogP contribution in [-0.4, -0.2) is 25.0 Å². The van der Waals surface area contributed by atoms with Crippen LogP contribution in [0.3, 0.4) is 0 Å². The maximum Gasteiger partial charge on any atom is 0.201 e. The van der Waals surface area contributed by atoms with Gasteiger partial charge in [-0.05, 0) is 0 Å². The molecule has 0 aliphatic carbocycles. The molecule has 0 heterocycles. The number of hydrogen-bond acceptors (Lipinski definition) is 1. The van der Waals surface area contributed by atoms with Crippen LogP contribution in [0.5, 0.6) is 0 Å². The Morgan fingerprint density at radius 2 is 1.14 bits per heavy atom. The molecule has 3 heteroatoms. The Hall–Kier alpha value is 0.660. The largest absolute Gasteiger partial charge is 0.201 e. The lowest BCUT2D eigenvalue weighted by atomic mass is 11.9. The van der Waals surface area contributed by atoms with E-state index >= 15 is 0 Å². The van der Waals surface area contributed by atoms with Gasteiger partial charge in [-0.25, -0.2) is 0 Å². The number of rotatable bonds is 2. The van der Waals surface area contributed by atoms with Crippen molar-refractivity contribution in [3.63, 3.8) is 0 Å². The zero-order valence-electron chi connectivity index (χ0n) is 5.22. The van der Waals surface area contributed by atoms with Gasteiger partial charge in [0.1, 0.15) is 25.0 Å². The summed E-state index contributed by atoms with van der Waals surface area (Å²) >= 11 is 0.333. The third kappa shape index (κ3) is 6.66. The van der Waals surface area contributed by atoms with Crippen LogP contribution in [0.1, 0.15) is 0 Å². The monoisotopic (exact) mass is 140 g/mol.